The lowest BCUT2D eigenvalue weighted by atomic mass is 9.91. The van der Waals surface area contributed by atoms with Gasteiger partial charge in [-0.05, 0) is 55.3 Å². The van der Waals surface area contributed by atoms with E-state index >= 15 is 0 Å². The van der Waals surface area contributed by atoms with Crippen LogP contribution in [0, 0.1) is 0 Å². The highest BCUT2D eigenvalue weighted by Gasteiger charge is 2.35. The van der Waals surface area contributed by atoms with Crippen LogP contribution in [0.15, 0.2) is 48.7 Å². The van der Waals surface area contributed by atoms with Gasteiger partial charge >= 0.3 is 0 Å². The fraction of sp³-hybridized carbons (Fsp3) is 0.333. The number of likely N-dealkylation sites (tertiary alicyclic amines) is 1. The van der Waals surface area contributed by atoms with Gasteiger partial charge in [0.2, 0.25) is 11.8 Å². The van der Waals surface area contributed by atoms with Crippen molar-refractivity contribution in [3.8, 4) is 0 Å². The van der Waals surface area contributed by atoms with Gasteiger partial charge in [0.15, 0.2) is 0 Å². The molecular formula is C24H27N5O4. The summed E-state index contributed by atoms with van der Waals surface area (Å²) in [6.07, 6.45) is 2.59. The zero-order valence-corrected chi connectivity index (χ0v) is 18.7. The Morgan fingerprint density at radius 1 is 0.970 bits per heavy atom. The summed E-state index contributed by atoms with van der Waals surface area (Å²) >= 11 is 0. The first-order chi connectivity index (χ1) is 15.7. The molecule has 0 unspecified atom stereocenters. The van der Waals surface area contributed by atoms with Gasteiger partial charge in [-0.3, -0.25) is 19.1 Å². The maximum Gasteiger partial charge on any atom is 0.253 e. The molecule has 1 aliphatic rings. The lowest BCUT2D eigenvalue weighted by Gasteiger charge is -2.38. The number of rotatable bonds is 5. The Bertz CT molecular complexity index is 1190. The number of piperidine rings is 1. The Morgan fingerprint density at radius 3 is 2.21 bits per heavy atom. The second-order valence-electron chi connectivity index (χ2n) is 8.53. The number of nitrogens with one attached hydrogen (secondary N) is 2. The highest BCUT2D eigenvalue weighted by Crippen LogP contribution is 2.27. The number of hydrogen-bond acceptors (Lipinski definition) is 5. The van der Waals surface area contributed by atoms with E-state index in [1.165, 1.54) is 13.8 Å². The van der Waals surface area contributed by atoms with Crippen LogP contribution in [0.5, 0.6) is 0 Å². The van der Waals surface area contributed by atoms with Crippen LogP contribution in [0.2, 0.25) is 0 Å². The van der Waals surface area contributed by atoms with Gasteiger partial charge in [-0.15, -0.1) is 0 Å². The van der Waals surface area contributed by atoms with Gasteiger partial charge in [-0.2, -0.15) is 5.10 Å². The summed E-state index contributed by atoms with van der Waals surface area (Å²) in [6.45, 7) is 4.09. The zero-order valence-electron chi connectivity index (χ0n) is 18.7. The third-order valence-corrected chi connectivity index (χ3v) is 5.84. The number of amides is 3. The molecule has 1 aliphatic heterocycles. The van der Waals surface area contributed by atoms with Gasteiger partial charge in [-0.1, -0.05) is 0 Å². The van der Waals surface area contributed by atoms with Crippen LogP contribution in [0.1, 0.15) is 37.0 Å². The number of nitrogens with zero attached hydrogens (tertiary/aromatic N) is 3. The average Bonchev–Trinajstić information content (AvgIpc) is 3.15. The van der Waals surface area contributed by atoms with Crippen LogP contribution in [-0.4, -0.2) is 56.2 Å². The van der Waals surface area contributed by atoms with Crippen molar-refractivity contribution in [2.75, 3.05) is 23.7 Å². The van der Waals surface area contributed by atoms with Crippen LogP contribution in [0.25, 0.3) is 10.9 Å². The number of anilines is 2. The van der Waals surface area contributed by atoms with E-state index in [4.69, 9.17) is 0 Å². The maximum absolute atomic E-state index is 12.9. The topological polar surface area (TPSA) is 117 Å². The molecule has 172 valence electrons. The second-order valence-corrected chi connectivity index (χ2v) is 8.53. The third-order valence-electron chi connectivity index (χ3n) is 5.84. The number of fused-ring (bicyclic) bond motifs is 1. The summed E-state index contributed by atoms with van der Waals surface area (Å²) in [4.78, 5) is 37.0. The van der Waals surface area contributed by atoms with E-state index in [0.717, 1.165) is 10.9 Å². The Labute approximate surface area is 191 Å². The smallest absolute Gasteiger partial charge is 0.253 e. The van der Waals surface area contributed by atoms with Crippen molar-refractivity contribution in [2.45, 2.75) is 38.8 Å². The van der Waals surface area contributed by atoms with E-state index in [1.54, 1.807) is 40.0 Å². The first-order valence-corrected chi connectivity index (χ1v) is 10.8. The second kappa shape index (κ2) is 9.03. The van der Waals surface area contributed by atoms with E-state index in [0.29, 0.717) is 49.4 Å². The molecule has 1 aromatic heterocycles. The molecule has 2 aromatic carbocycles. The SMILES string of the molecule is CC(=O)Nc1ccc(C(=O)N2CCC(O)(Cn3ncc4cc(NC(C)=O)ccc43)CC2)cc1. The van der Waals surface area contributed by atoms with Gasteiger partial charge in [0, 0.05) is 49.3 Å². The molecule has 1 saturated heterocycles. The minimum atomic E-state index is -0.971. The summed E-state index contributed by atoms with van der Waals surface area (Å²) in [6, 6.07) is 12.3. The first kappa shape index (κ1) is 22.5. The molecule has 1 fully saturated rings. The van der Waals surface area contributed by atoms with E-state index in [9.17, 15) is 19.5 Å². The minimum Gasteiger partial charge on any atom is -0.388 e. The van der Waals surface area contributed by atoms with Crippen molar-refractivity contribution >= 4 is 40.0 Å². The van der Waals surface area contributed by atoms with E-state index in [-0.39, 0.29) is 17.7 Å². The Balaban J connectivity index is 1.39. The van der Waals surface area contributed by atoms with E-state index < -0.39 is 5.60 Å². The van der Waals surface area contributed by atoms with Crippen LogP contribution in [0.4, 0.5) is 11.4 Å². The zero-order chi connectivity index (χ0) is 23.6. The summed E-state index contributed by atoms with van der Waals surface area (Å²) in [5.41, 5.74) is 1.78. The molecule has 4 rings (SSSR count). The molecule has 2 heterocycles. The van der Waals surface area contributed by atoms with Crippen molar-refractivity contribution in [2.24, 2.45) is 0 Å². The van der Waals surface area contributed by atoms with Crippen LogP contribution in [-0.2, 0) is 16.1 Å². The molecule has 3 N–H and O–H groups in total. The van der Waals surface area contributed by atoms with Crippen LogP contribution in [0.3, 0.4) is 0 Å². The van der Waals surface area contributed by atoms with Crippen molar-refractivity contribution < 1.29 is 19.5 Å². The molecule has 0 spiro atoms. The van der Waals surface area contributed by atoms with Gasteiger partial charge in [0.1, 0.15) is 0 Å². The van der Waals surface area contributed by atoms with Gasteiger partial charge in [0.25, 0.3) is 5.91 Å². The molecule has 0 saturated carbocycles. The highest BCUT2D eigenvalue weighted by atomic mass is 16.3. The molecule has 9 heteroatoms. The number of carbonyl (C=O) groups is 3. The van der Waals surface area contributed by atoms with Gasteiger partial charge in [-0.25, -0.2) is 0 Å². The normalized spacial score (nSPS) is 15.3. The third kappa shape index (κ3) is 5.20. The van der Waals surface area contributed by atoms with Gasteiger partial charge in [0.05, 0.1) is 23.9 Å². The Kier molecular flexibility index (Phi) is 6.15. The van der Waals surface area contributed by atoms with Crippen molar-refractivity contribution in [1.29, 1.82) is 0 Å². The lowest BCUT2D eigenvalue weighted by molar-refractivity contribution is -0.115. The summed E-state index contributed by atoms with van der Waals surface area (Å²) in [7, 11) is 0. The predicted octanol–water partition coefficient (Wildman–Crippen LogP) is 2.62. The number of carbonyl (C=O) groups excluding carboxylic acids is 3. The molecule has 0 atom stereocenters. The van der Waals surface area contributed by atoms with Crippen molar-refractivity contribution in [3.63, 3.8) is 0 Å². The number of aromatic nitrogens is 2. The van der Waals surface area contributed by atoms with Crippen molar-refractivity contribution in [1.82, 2.24) is 14.7 Å². The molecule has 0 aliphatic carbocycles. The Hall–Kier alpha value is -3.72. The Morgan fingerprint density at radius 2 is 1.58 bits per heavy atom. The van der Waals surface area contributed by atoms with E-state index in [1.807, 2.05) is 18.2 Å². The van der Waals surface area contributed by atoms with E-state index in [2.05, 4.69) is 15.7 Å². The van der Waals surface area contributed by atoms with Gasteiger partial charge < -0.3 is 20.6 Å². The molecule has 3 amide bonds. The summed E-state index contributed by atoms with van der Waals surface area (Å²) in [5, 5.41) is 21.9. The lowest BCUT2D eigenvalue weighted by Crippen LogP contribution is -2.48. The molecule has 0 bridgehead atoms. The molecular weight excluding hydrogens is 422 g/mol. The van der Waals surface area contributed by atoms with Crippen molar-refractivity contribution in [3.05, 3.63) is 54.2 Å². The van der Waals surface area contributed by atoms with Crippen LogP contribution >= 0.6 is 0 Å². The first-order valence-electron chi connectivity index (χ1n) is 10.8. The minimum absolute atomic E-state index is 0.0959. The number of hydrogen-bond donors (Lipinski definition) is 3. The summed E-state index contributed by atoms with van der Waals surface area (Å²) < 4.78 is 1.77. The number of benzene rings is 2. The molecule has 3 aromatic rings. The molecule has 9 nitrogen and oxygen atoms in total. The predicted molar refractivity (Wildman–Crippen MR) is 125 cm³/mol. The fourth-order valence-corrected chi connectivity index (χ4v) is 4.14. The highest BCUT2D eigenvalue weighted by molar-refractivity contribution is 5.95. The molecule has 33 heavy (non-hydrogen) atoms. The standard InChI is InChI=1S/C24H27N5O4/c1-16(30)26-20-5-3-18(4-6-20)23(32)28-11-9-24(33,10-12-28)15-29-22-8-7-21(27-17(2)31)13-19(22)14-25-29/h3-8,13-14,33H,9-12,15H2,1-2H3,(H,26,30)(H,27,31). The summed E-state index contributed by atoms with van der Waals surface area (Å²) in [5.74, 6) is -0.398. The van der Waals surface area contributed by atoms with Crippen LogP contribution < -0.4 is 10.6 Å². The number of aliphatic hydroxyl groups is 1. The quantitative estimate of drug-likeness (QED) is 0.554. The monoisotopic (exact) mass is 449 g/mol. The average molecular weight is 450 g/mol. The largest absolute Gasteiger partial charge is 0.388 e. The molecule has 0 radical (unpaired) electrons. The fourth-order valence-electron chi connectivity index (χ4n) is 4.14. The maximum atomic E-state index is 12.9.